The molecule has 4 aromatic rings. The molecular formula is C24H26N6O. The third-order valence-electron chi connectivity index (χ3n) is 6.14. The number of benzene rings is 2. The van der Waals surface area contributed by atoms with Crippen LogP contribution in [0.25, 0.3) is 22.6 Å². The lowest BCUT2D eigenvalue weighted by atomic mass is 9.86. The van der Waals surface area contributed by atoms with Gasteiger partial charge >= 0.3 is 0 Å². The molecule has 0 radical (unpaired) electrons. The molecule has 7 heteroatoms. The van der Waals surface area contributed by atoms with Crippen molar-refractivity contribution >= 4 is 28.3 Å². The van der Waals surface area contributed by atoms with E-state index < -0.39 is 5.41 Å². The molecule has 0 spiro atoms. The van der Waals surface area contributed by atoms with E-state index in [4.69, 9.17) is 4.98 Å². The number of nitrogens with zero attached hydrogens (tertiary/aromatic N) is 3. The first kappa shape index (κ1) is 19.4. The topological polar surface area (TPSA) is 89.7 Å². The van der Waals surface area contributed by atoms with Crippen LogP contribution in [0, 0.1) is 6.92 Å². The summed E-state index contributed by atoms with van der Waals surface area (Å²) < 4.78 is 0. The first-order chi connectivity index (χ1) is 14.9. The molecule has 31 heavy (non-hydrogen) atoms. The predicted molar refractivity (Wildman–Crippen MR) is 123 cm³/mol. The van der Waals surface area contributed by atoms with Gasteiger partial charge in [-0.3, -0.25) is 9.89 Å². The van der Waals surface area contributed by atoms with Gasteiger partial charge in [-0.05, 0) is 51.0 Å². The Morgan fingerprint density at radius 2 is 1.94 bits per heavy atom. The number of hydrogen-bond donors (Lipinski definition) is 3. The molecule has 1 aliphatic heterocycles. The van der Waals surface area contributed by atoms with E-state index in [9.17, 15) is 4.79 Å². The minimum Gasteiger partial charge on any atom is -0.378 e. The summed E-state index contributed by atoms with van der Waals surface area (Å²) in [6.45, 7) is 9.30. The Labute approximate surface area is 180 Å². The zero-order chi connectivity index (χ0) is 21.8. The molecule has 2 aromatic carbocycles. The zero-order valence-corrected chi connectivity index (χ0v) is 18.2. The number of H-pyrrole nitrogens is 2. The van der Waals surface area contributed by atoms with Gasteiger partial charge < -0.3 is 15.2 Å². The summed E-state index contributed by atoms with van der Waals surface area (Å²) in [6.07, 6.45) is 0. The maximum absolute atomic E-state index is 12.8. The first-order valence-electron chi connectivity index (χ1n) is 10.6. The average molecular weight is 415 g/mol. The average Bonchev–Trinajstić information content (AvgIpc) is 3.39. The van der Waals surface area contributed by atoms with Crippen LogP contribution in [0.5, 0.6) is 0 Å². The molecule has 1 aliphatic rings. The number of aromatic amines is 2. The van der Waals surface area contributed by atoms with Crippen LogP contribution in [0.4, 0.5) is 11.4 Å². The molecule has 7 nitrogen and oxygen atoms in total. The van der Waals surface area contributed by atoms with Crippen molar-refractivity contribution in [2.45, 2.75) is 39.7 Å². The van der Waals surface area contributed by atoms with E-state index in [1.807, 2.05) is 56.9 Å². The van der Waals surface area contributed by atoms with Gasteiger partial charge in [0.1, 0.15) is 0 Å². The minimum absolute atomic E-state index is 0.133. The van der Waals surface area contributed by atoms with E-state index in [2.05, 4.69) is 38.7 Å². The standard InChI is InChI=1S/C24H26N6O/c1-5-30-19-12-18-17(11-16(19)24(3,4)23(30)31)26-22(27-18)21-20(14(2)28-29-21)25-13-15-9-7-6-8-10-15/h6-12,25H,5,13H2,1-4H3,(H,26,27)(H,28,29). The number of hydrogen-bond acceptors (Lipinski definition) is 4. The third kappa shape index (κ3) is 3.00. The number of imidazole rings is 1. The number of aryl methyl sites for hydroxylation is 1. The van der Waals surface area contributed by atoms with E-state index in [-0.39, 0.29) is 5.91 Å². The van der Waals surface area contributed by atoms with Gasteiger partial charge in [-0.1, -0.05) is 30.3 Å². The quantitative estimate of drug-likeness (QED) is 0.448. The van der Waals surface area contributed by atoms with Gasteiger partial charge in [-0.2, -0.15) is 5.10 Å². The van der Waals surface area contributed by atoms with Crippen LogP contribution in [0.2, 0.25) is 0 Å². The second-order valence-electron chi connectivity index (χ2n) is 8.56. The summed E-state index contributed by atoms with van der Waals surface area (Å²) >= 11 is 0. The fourth-order valence-corrected chi connectivity index (χ4v) is 4.36. The third-order valence-corrected chi connectivity index (χ3v) is 6.14. The molecule has 3 N–H and O–H groups in total. The number of carbonyl (C=O) groups excluding carboxylic acids is 1. The number of fused-ring (bicyclic) bond motifs is 2. The normalized spacial score (nSPS) is 15.0. The van der Waals surface area contributed by atoms with Gasteiger partial charge in [-0.25, -0.2) is 4.98 Å². The van der Waals surface area contributed by atoms with Crippen molar-refractivity contribution < 1.29 is 4.79 Å². The van der Waals surface area contributed by atoms with Gasteiger partial charge in [0.25, 0.3) is 0 Å². The number of carbonyl (C=O) groups is 1. The van der Waals surface area contributed by atoms with Crippen LogP contribution in [-0.4, -0.2) is 32.6 Å². The highest BCUT2D eigenvalue weighted by molar-refractivity contribution is 6.09. The smallest absolute Gasteiger partial charge is 0.237 e. The van der Waals surface area contributed by atoms with Crippen molar-refractivity contribution in [1.82, 2.24) is 20.2 Å². The molecular weight excluding hydrogens is 388 g/mol. The van der Waals surface area contributed by atoms with E-state index in [1.165, 1.54) is 5.56 Å². The Hall–Kier alpha value is -3.61. The maximum atomic E-state index is 12.8. The molecule has 0 aliphatic carbocycles. The molecule has 0 saturated heterocycles. The molecule has 158 valence electrons. The Balaban J connectivity index is 1.54. The summed E-state index contributed by atoms with van der Waals surface area (Å²) in [5, 5.41) is 11.1. The Morgan fingerprint density at radius 1 is 1.16 bits per heavy atom. The molecule has 0 unspecified atom stereocenters. The van der Waals surface area contributed by atoms with Crippen molar-refractivity contribution in [2.24, 2.45) is 0 Å². The van der Waals surface area contributed by atoms with Crippen molar-refractivity contribution in [3.8, 4) is 11.5 Å². The molecule has 0 bridgehead atoms. The van der Waals surface area contributed by atoms with Crippen LogP contribution in [0.3, 0.4) is 0 Å². The highest BCUT2D eigenvalue weighted by Gasteiger charge is 2.43. The largest absolute Gasteiger partial charge is 0.378 e. The monoisotopic (exact) mass is 414 g/mol. The van der Waals surface area contributed by atoms with Crippen LogP contribution in [-0.2, 0) is 16.8 Å². The summed E-state index contributed by atoms with van der Waals surface area (Å²) in [4.78, 5) is 22.9. The van der Waals surface area contributed by atoms with E-state index in [0.29, 0.717) is 18.9 Å². The van der Waals surface area contributed by atoms with Crippen molar-refractivity contribution in [2.75, 3.05) is 16.8 Å². The van der Waals surface area contributed by atoms with Crippen LogP contribution in [0.1, 0.15) is 37.6 Å². The maximum Gasteiger partial charge on any atom is 0.237 e. The van der Waals surface area contributed by atoms with Gasteiger partial charge in [0.2, 0.25) is 5.91 Å². The minimum atomic E-state index is -0.546. The summed E-state index contributed by atoms with van der Waals surface area (Å²) in [6, 6.07) is 14.3. The fourth-order valence-electron chi connectivity index (χ4n) is 4.36. The predicted octanol–water partition coefficient (Wildman–Crippen LogP) is 4.52. The second kappa shape index (κ2) is 6.97. The Kier molecular flexibility index (Phi) is 4.36. The summed E-state index contributed by atoms with van der Waals surface area (Å²) in [7, 11) is 0. The van der Waals surface area contributed by atoms with Gasteiger partial charge in [0, 0.05) is 13.1 Å². The lowest BCUT2D eigenvalue weighted by Crippen LogP contribution is -2.35. The van der Waals surface area contributed by atoms with Crippen molar-refractivity contribution in [1.29, 1.82) is 0 Å². The number of aromatic nitrogens is 4. The van der Waals surface area contributed by atoms with Crippen molar-refractivity contribution in [3.63, 3.8) is 0 Å². The van der Waals surface area contributed by atoms with Gasteiger partial charge in [0.05, 0.1) is 33.5 Å². The second-order valence-corrected chi connectivity index (χ2v) is 8.56. The fraction of sp³-hybridized carbons (Fsp3) is 0.292. The molecule has 0 fully saturated rings. The van der Waals surface area contributed by atoms with Crippen LogP contribution in [0.15, 0.2) is 42.5 Å². The van der Waals surface area contributed by atoms with E-state index in [0.717, 1.165) is 39.4 Å². The first-order valence-corrected chi connectivity index (χ1v) is 10.6. The molecule has 3 heterocycles. The lowest BCUT2D eigenvalue weighted by Gasteiger charge is -2.18. The SMILES string of the molecule is CCN1C(=O)C(C)(C)c2cc3[nH]c(-c4n[nH]c(C)c4NCc4ccccc4)nc3cc21. The highest BCUT2D eigenvalue weighted by Crippen LogP contribution is 2.43. The van der Waals surface area contributed by atoms with E-state index >= 15 is 0 Å². The zero-order valence-electron chi connectivity index (χ0n) is 18.2. The molecule has 2 aromatic heterocycles. The molecule has 0 atom stereocenters. The van der Waals surface area contributed by atoms with Gasteiger partial charge in [0.15, 0.2) is 11.5 Å². The number of likely N-dealkylation sites (N-methyl/N-ethyl adjacent to an activating group) is 1. The summed E-state index contributed by atoms with van der Waals surface area (Å²) in [5.74, 6) is 0.832. The Bertz CT molecular complexity index is 1280. The molecule has 1 amide bonds. The highest BCUT2D eigenvalue weighted by atomic mass is 16.2. The lowest BCUT2D eigenvalue weighted by molar-refractivity contribution is -0.122. The molecule has 0 saturated carbocycles. The Morgan fingerprint density at radius 3 is 2.68 bits per heavy atom. The number of rotatable bonds is 5. The molecule has 5 rings (SSSR count). The van der Waals surface area contributed by atoms with Gasteiger partial charge in [-0.15, -0.1) is 0 Å². The van der Waals surface area contributed by atoms with Crippen LogP contribution >= 0.6 is 0 Å². The number of amides is 1. The summed E-state index contributed by atoms with van der Waals surface area (Å²) in [5.41, 5.74) is 7.00. The van der Waals surface area contributed by atoms with Crippen molar-refractivity contribution in [3.05, 3.63) is 59.3 Å². The van der Waals surface area contributed by atoms with E-state index in [1.54, 1.807) is 0 Å². The van der Waals surface area contributed by atoms with Crippen LogP contribution < -0.4 is 10.2 Å². The number of nitrogens with one attached hydrogen (secondary N) is 3. The number of anilines is 2.